The van der Waals surface area contributed by atoms with Gasteiger partial charge in [0.1, 0.15) is 4.83 Å². The van der Waals surface area contributed by atoms with Crippen LogP contribution in [0.4, 0.5) is 0 Å². The average molecular weight is 472 g/mol. The normalized spacial score (nSPS) is 20.4. The van der Waals surface area contributed by atoms with Crippen molar-refractivity contribution in [3.05, 3.63) is 62.0 Å². The van der Waals surface area contributed by atoms with Crippen LogP contribution in [0.25, 0.3) is 10.2 Å². The maximum atomic E-state index is 13.3. The Morgan fingerprint density at radius 1 is 1.25 bits per heavy atom. The van der Waals surface area contributed by atoms with Crippen LogP contribution in [-0.4, -0.2) is 32.8 Å². The monoisotopic (exact) mass is 471 g/mol. The van der Waals surface area contributed by atoms with Crippen LogP contribution < -0.4 is 10.9 Å². The molecule has 2 aliphatic rings. The first-order chi connectivity index (χ1) is 15.5. The molecule has 2 aromatic heterocycles. The first kappa shape index (κ1) is 22.1. The van der Waals surface area contributed by atoms with E-state index in [1.54, 1.807) is 22.2 Å². The number of benzene rings is 1. The molecule has 0 saturated heterocycles. The molecule has 5 nitrogen and oxygen atoms in total. The number of nitrogens with zero attached hydrogens (tertiary/aromatic N) is 2. The molecule has 2 aliphatic carbocycles. The highest BCUT2D eigenvalue weighted by molar-refractivity contribution is 7.18. The van der Waals surface area contributed by atoms with Crippen LogP contribution >= 0.6 is 22.9 Å². The summed E-state index contributed by atoms with van der Waals surface area (Å²) in [7, 11) is 0. The molecule has 7 heteroatoms. The lowest BCUT2D eigenvalue weighted by Crippen LogP contribution is -2.47. The van der Waals surface area contributed by atoms with Crippen molar-refractivity contribution in [2.45, 2.75) is 76.0 Å². The molecule has 0 amide bonds. The first-order valence-electron chi connectivity index (χ1n) is 11.7. The Morgan fingerprint density at radius 3 is 2.88 bits per heavy atom. The third-order valence-corrected chi connectivity index (χ3v) is 8.65. The van der Waals surface area contributed by atoms with E-state index in [0.717, 1.165) is 65.7 Å². The molecule has 170 valence electrons. The van der Waals surface area contributed by atoms with Gasteiger partial charge in [0.2, 0.25) is 0 Å². The van der Waals surface area contributed by atoms with Crippen LogP contribution in [0.2, 0.25) is 5.02 Å². The van der Waals surface area contributed by atoms with E-state index in [4.69, 9.17) is 11.6 Å². The number of thiophene rings is 1. The molecule has 1 saturated carbocycles. The summed E-state index contributed by atoms with van der Waals surface area (Å²) < 4.78 is 1.72. The summed E-state index contributed by atoms with van der Waals surface area (Å²) in [6.45, 7) is 1.24. The number of aryl methyl sites for hydroxylation is 3. The van der Waals surface area contributed by atoms with Crippen molar-refractivity contribution < 1.29 is 5.11 Å². The van der Waals surface area contributed by atoms with Gasteiger partial charge >= 0.3 is 0 Å². The highest BCUT2D eigenvalue weighted by atomic mass is 35.5. The Morgan fingerprint density at radius 2 is 2.06 bits per heavy atom. The standard InChI is InChI=1S/C25H30ClN3O2S/c26-20-7-3-2-6-17(20)10-13-29-16-28-23-22(24(29)30)19-9-8-18(14-21(19)32-23)27-15-25(31)11-4-1-5-12-25/h2-3,6-7,16,18,27,31H,1,4-5,8-15H2. The van der Waals surface area contributed by atoms with Crippen LogP contribution in [0.1, 0.15) is 54.5 Å². The van der Waals surface area contributed by atoms with E-state index < -0.39 is 5.60 Å². The number of nitrogens with one attached hydrogen (secondary N) is 1. The molecule has 0 bridgehead atoms. The Hall–Kier alpha value is -1.73. The predicted molar refractivity (Wildman–Crippen MR) is 131 cm³/mol. The zero-order chi connectivity index (χ0) is 22.1. The summed E-state index contributed by atoms with van der Waals surface area (Å²) in [5, 5.41) is 16.0. The number of aliphatic hydroxyl groups is 1. The topological polar surface area (TPSA) is 67.2 Å². The quantitative estimate of drug-likeness (QED) is 0.555. The summed E-state index contributed by atoms with van der Waals surface area (Å²) in [5.41, 5.74) is 1.74. The number of rotatable bonds is 6. The summed E-state index contributed by atoms with van der Waals surface area (Å²) in [5.74, 6) is 0. The van der Waals surface area contributed by atoms with Gasteiger partial charge in [-0.3, -0.25) is 9.36 Å². The molecule has 5 rings (SSSR count). The number of halogens is 1. The van der Waals surface area contributed by atoms with Gasteiger partial charge in [-0.1, -0.05) is 49.1 Å². The van der Waals surface area contributed by atoms with Crippen molar-refractivity contribution in [3.8, 4) is 0 Å². The van der Waals surface area contributed by atoms with E-state index >= 15 is 0 Å². The third kappa shape index (κ3) is 4.51. The summed E-state index contributed by atoms with van der Waals surface area (Å²) in [6.07, 6.45) is 10.4. The van der Waals surface area contributed by atoms with Gasteiger partial charge in [-0.05, 0) is 55.7 Å². The molecule has 0 aliphatic heterocycles. The Balaban J connectivity index is 1.30. The third-order valence-electron chi connectivity index (χ3n) is 7.12. The van der Waals surface area contributed by atoms with E-state index in [1.165, 1.54) is 16.9 Å². The van der Waals surface area contributed by atoms with Gasteiger partial charge in [0.05, 0.1) is 17.3 Å². The summed E-state index contributed by atoms with van der Waals surface area (Å²) in [4.78, 5) is 20.0. The SMILES string of the molecule is O=c1c2c3c(sc2ncn1CCc1ccccc1Cl)CC(NCC1(O)CCCCC1)CC3. The minimum absolute atomic E-state index is 0.0579. The van der Waals surface area contributed by atoms with Crippen LogP contribution in [0.3, 0.4) is 0 Å². The minimum Gasteiger partial charge on any atom is -0.389 e. The second kappa shape index (κ2) is 9.26. The molecular formula is C25H30ClN3O2S. The molecule has 0 spiro atoms. The Kier molecular flexibility index (Phi) is 6.39. The predicted octanol–water partition coefficient (Wildman–Crippen LogP) is 4.50. The van der Waals surface area contributed by atoms with Crippen molar-refractivity contribution in [2.75, 3.05) is 6.54 Å². The lowest BCUT2D eigenvalue weighted by atomic mass is 9.84. The fraction of sp³-hybridized carbons (Fsp3) is 0.520. The zero-order valence-corrected chi connectivity index (χ0v) is 19.9. The fourth-order valence-electron chi connectivity index (χ4n) is 5.20. The van der Waals surface area contributed by atoms with Gasteiger partial charge in [0, 0.05) is 29.0 Å². The molecule has 0 radical (unpaired) electrons. The van der Waals surface area contributed by atoms with Crippen LogP contribution in [0.15, 0.2) is 35.4 Å². The summed E-state index contributed by atoms with van der Waals surface area (Å²) in [6, 6.07) is 8.12. The van der Waals surface area contributed by atoms with Gasteiger partial charge in [-0.25, -0.2) is 4.98 Å². The van der Waals surface area contributed by atoms with Gasteiger partial charge in [0.25, 0.3) is 5.56 Å². The van der Waals surface area contributed by atoms with Gasteiger partial charge < -0.3 is 10.4 Å². The Labute approximate surface area is 197 Å². The fourth-order valence-corrected chi connectivity index (χ4v) is 6.69. The van der Waals surface area contributed by atoms with E-state index in [0.29, 0.717) is 25.6 Å². The van der Waals surface area contributed by atoms with Gasteiger partial charge in [-0.15, -0.1) is 11.3 Å². The molecule has 1 unspecified atom stereocenters. The van der Waals surface area contributed by atoms with E-state index in [1.807, 2.05) is 24.3 Å². The van der Waals surface area contributed by atoms with Crippen LogP contribution in [-0.2, 0) is 25.8 Å². The van der Waals surface area contributed by atoms with Gasteiger partial charge in [-0.2, -0.15) is 0 Å². The molecule has 1 fully saturated rings. The van der Waals surface area contributed by atoms with Crippen molar-refractivity contribution in [3.63, 3.8) is 0 Å². The molecule has 1 aromatic carbocycles. The minimum atomic E-state index is -0.546. The number of hydrogen-bond acceptors (Lipinski definition) is 5. The van der Waals surface area contributed by atoms with E-state index in [9.17, 15) is 9.90 Å². The second-order valence-electron chi connectivity index (χ2n) is 9.37. The molecular weight excluding hydrogens is 442 g/mol. The maximum Gasteiger partial charge on any atom is 0.262 e. The highest BCUT2D eigenvalue weighted by Crippen LogP contribution is 2.34. The van der Waals surface area contributed by atoms with Crippen molar-refractivity contribution in [1.29, 1.82) is 0 Å². The molecule has 1 atom stereocenters. The van der Waals surface area contributed by atoms with E-state index in [-0.39, 0.29) is 5.56 Å². The van der Waals surface area contributed by atoms with Crippen molar-refractivity contribution >= 4 is 33.2 Å². The largest absolute Gasteiger partial charge is 0.389 e. The van der Waals surface area contributed by atoms with Gasteiger partial charge in [0.15, 0.2) is 0 Å². The highest BCUT2D eigenvalue weighted by Gasteiger charge is 2.31. The molecule has 2 heterocycles. The number of hydrogen-bond donors (Lipinski definition) is 2. The Bertz CT molecular complexity index is 1170. The second-order valence-corrected chi connectivity index (χ2v) is 10.9. The number of aromatic nitrogens is 2. The smallest absolute Gasteiger partial charge is 0.262 e. The van der Waals surface area contributed by atoms with Crippen molar-refractivity contribution in [1.82, 2.24) is 14.9 Å². The molecule has 2 N–H and O–H groups in total. The molecule has 3 aromatic rings. The summed E-state index contributed by atoms with van der Waals surface area (Å²) >= 11 is 7.93. The lowest BCUT2D eigenvalue weighted by molar-refractivity contribution is 0.00234. The average Bonchev–Trinajstić information content (AvgIpc) is 3.17. The maximum absolute atomic E-state index is 13.3. The van der Waals surface area contributed by atoms with Crippen molar-refractivity contribution in [2.24, 2.45) is 0 Å². The first-order valence-corrected chi connectivity index (χ1v) is 12.9. The lowest BCUT2D eigenvalue weighted by Gasteiger charge is -2.34. The van der Waals surface area contributed by atoms with Crippen LogP contribution in [0.5, 0.6) is 0 Å². The van der Waals surface area contributed by atoms with E-state index in [2.05, 4.69) is 10.3 Å². The molecule has 32 heavy (non-hydrogen) atoms. The zero-order valence-electron chi connectivity index (χ0n) is 18.3. The van der Waals surface area contributed by atoms with Crippen LogP contribution in [0, 0.1) is 0 Å². The number of fused-ring (bicyclic) bond motifs is 3.